The Bertz CT molecular complexity index is 797. The molecule has 1 aliphatic rings. The van der Waals surface area contributed by atoms with Gasteiger partial charge in [0, 0.05) is 18.7 Å². The second kappa shape index (κ2) is 9.27. The van der Waals surface area contributed by atoms with Crippen molar-refractivity contribution in [3.05, 3.63) is 36.5 Å². The number of pyridine rings is 1. The molecule has 10 nitrogen and oxygen atoms in total. The first-order valence-electron chi connectivity index (χ1n) is 9.25. The quantitative estimate of drug-likeness (QED) is 0.569. The van der Waals surface area contributed by atoms with Crippen LogP contribution in [0.2, 0.25) is 0 Å². The number of nitrogens with one attached hydrogen (secondary N) is 2. The van der Waals surface area contributed by atoms with E-state index < -0.39 is 12.1 Å². The SMILES string of the molecule is CCOc1ncccc1C(=O)N[C@@H]1C[C@H](C(=O)NCCn2cncn2)C[C@H]1O. The second-order valence-corrected chi connectivity index (χ2v) is 6.55. The Morgan fingerprint density at radius 1 is 1.39 bits per heavy atom. The molecule has 3 N–H and O–H groups in total. The molecule has 0 spiro atoms. The molecule has 0 bridgehead atoms. The molecule has 10 heteroatoms. The van der Waals surface area contributed by atoms with Crippen LogP contribution in [-0.4, -0.2) is 62.0 Å². The van der Waals surface area contributed by atoms with Crippen LogP contribution >= 0.6 is 0 Å². The number of hydrogen-bond donors (Lipinski definition) is 3. The molecule has 1 saturated carbocycles. The van der Waals surface area contributed by atoms with Crippen LogP contribution in [0.4, 0.5) is 0 Å². The fraction of sp³-hybridized carbons (Fsp3) is 0.500. The van der Waals surface area contributed by atoms with Gasteiger partial charge in [0.1, 0.15) is 18.2 Å². The van der Waals surface area contributed by atoms with Gasteiger partial charge in [0.05, 0.1) is 25.3 Å². The third-order valence-electron chi connectivity index (χ3n) is 4.62. The molecule has 3 atom stereocenters. The zero-order valence-electron chi connectivity index (χ0n) is 15.6. The number of carbonyl (C=O) groups excluding carboxylic acids is 2. The van der Waals surface area contributed by atoms with Gasteiger partial charge in [0.15, 0.2) is 0 Å². The van der Waals surface area contributed by atoms with Gasteiger partial charge < -0.3 is 20.5 Å². The highest BCUT2D eigenvalue weighted by Crippen LogP contribution is 2.27. The van der Waals surface area contributed by atoms with E-state index in [4.69, 9.17) is 4.74 Å². The van der Waals surface area contributed by atoms with Gasteiger partial charge in [0.2, 0.25) is 11.8 Å². The number of amides is 2. The summed E-state index contributed by atoms with van der Waals surface area (Å²) in [4.78, 5) is 32.8. The van der Waals surface area contributed by atoms with E-state index >= 15 is 0 Å². The molecule has 150 valence electrons. The third kappa shape index (κ3) is 4.83. The van der Waals surface area contributed by atoms with Gasteiger partial charge in [-0.1, -0.05) is 0 Å². The molecule has 0 saturated heterocycles. The lowest BCUT2D eigenvalue weighted by Gasteiger charge is -2.17. The largest absolute Gasteiger partial charge is 0.477 e. The summed E-state index contributed by atoms with van der Waals surface area (Å²) in [7, 11) is 0. The van der Waals surface area contributed by atoms with Crippen molar-refractivity contribution in [1.82, 2.24) is 30.4 Å². The van der Waals surface area contributed by atoms with Crippen LogP contribution in [0.25, 0.3) is 0 Å². The Morgan fingerprint density at radius 3 is 3.00 bits per heavy atom. The molecular weight excluding hydrogens is 364 g/mol. The minimum atomic E-state index is -0.790. The summed E-state index contributed by atoms with van der Waals surface area (Å²) in [5, 5.41) is 19.9. The summed E-state index contributed by atoms with van der Waals surface area (Å²) < 4.78 is 7.00. The summed E-state index contributed by atoms with van der Waals surface area (Å²) in [6.07, 6.45) is 4.43. The number of nitrogens with zero attached hydrogens (tertiary/aromatic N) is 4. The molecule has 3 rings (SSSR count). The Hall–Kier alpha value is -3.01. The molecular formula is C18H24N6O4. The van der Waals surface area contributed by atoms with E-state index in [0.29, 0.717) is 38.1 Å². The summed E-state index contributed by atoms with van der Waals surface area (Å²) in [5.74, 6) is -0.645. The number of hydrogen-bond acceptors (Lipinski definition) is 7. The fourth-order valence-electron chi connectivity index (χ4n) is 3.23. The van der Waals surface area contributed by atoms with Crippen molar-refractivity contribution in [2.45, 2.75) is 38.5 Å². The number of ether oxygens (including phenoxy) is 1. The molecule has 0 unspecified atom stereocenters. The first kappa shape index (κ1) is 19.7. The normalized spacial score (nSPS) is 21.3. The average Bonchev–Trinajstić information content (AvgIpc) is 3.32. The Morgan fingerprint density at radius 2 is 2.25 bits per heavy atom. The van der Waals surface area contributed by atoms with Crippen LogP contribution in [0, 0.1) is 5.92 Å². The van der Waals surface area contributed by atoms with Crippen LogP contribution in [0.3, 0.4) is 0 Å². The van der Waals surface area contributed by atoms with Gasteiger partial charge in [-0.05, 0) is 31.9 Å². The highest BCUT2D eigenvalue weighted by Gasteiger charge is 2.38. The highest BCUT2D eigenvalue weighted by molar-refractivity contribution is 5.96. The smallest absolute Gasteiger partial charge is 0.257 e. The van der Waals surface area contributed by atoms with Crippen LogP contribution in [0.15, 0.2) is 31.0 Å². The molecule has 0 aliphatic heterocycles. The minimum Gasteiger partial charge on any atom is -0.477 e. The van der Waals surface area contributed by atoms with E-state index in [2.05, 4.69) is 25.7 Å². The van der Waals surface area contributed by atoms with Crippen molar-refractivity contribution in [1.29, 1.82) is 0 Å². The van der Waals surface area contributed by atoms with Crippen LogP contribution in [-0.2, 0) is 11.3 Å². The molecule has 2 aromatic heterocycles. The molecule has 2 amide bonds. The molecule has 2 heterocycles. The summed E-state index contributed by atoms with van der Waals surface area (Å²) in [6.45, 7) is 3.13. The maximum Gasteiger partial charge on any atom is 0.257 e. The van der Waals surface area contributed by atoms with E-state index in [1.54, 1.807) is 29.3 Å². The third-order valence-corrected chi connectivity index (χ3v) is 4.62. The first-order valence-corrected chi connectivity index (χ1v) is 9.25. The summed E-state index contributed by atoms with van der Waals surface area (Å²) >= 11 is 0. The van der Waals surface area contributed by atoms with Crippen LogP contribution < -0.4 is 15.4 Å². The lowest BCUT2D eigenvalue weighted by Crippen LogP contribution is -2.40. The molecule has 0 radical (unpaired) electrons. The van der Waals surface area contributed by atoms with Crippen molar-refractivity contribution < 1.29 is 19.4 Å². The first-order chi connectivity index (χ1) is 13.6. The number of aliphatic hydroxyl groups is 1. The summed E-state index contributed by atoms with van der Waals surface area (Å²) in [6, 6.07) is 2.75. The maximum absolute atomic E-state index is 12.6. The zero-order chi connectivity index (χ0) is 19.9. The summed E-state index contributed by atoms with van der Waals surface area (Å²) in [5.41, 5.74) is 0.303. The van der Waals surface area contributed by atoms with Gasteiger partial charge in [-0.3, -0.25) is 14.3 Å². The van der Waals surface area contributed by atoms with Crippen molar-refractivity contribution in [2.75, 3.05) is 13.2 Å². The lowest BCUT2D eigenvalue weighted by molar-refractivity contribution is -0.125. The van der Waals surface area contributed by atoms with Gasteiger partial charge in [-0.25, -0.2) is 9.97 Å². The van der Waals surface area contributed by atoms with Crippen molar-refractivity contribution in [3.8, 4) is 5.88 Å². The standard InChI is InChI=1S/C18H24N6O4/c1-2-28-18-13(4-3-5-21-18)17(27)23-14-8-12(9-15(14)25)16(26)20-6-7-24-11-19-10-22-24/h3-5,10-12,14-15,25H,2,6-9H2,1H3,(H,20,26)(H,23,27)/t12-,14+,15+/m0/s1. The molecule has 28 heavy (non-hydrogen) atoms. The van der Waals surface area contributed by atoms with Gasteiger partial charge in [-0.2, -0.15) is 5.10 Å². The molecule has 0 aromatic carbocycles. The average molecular weight is 388 g/mol. The van der Waals surface area contributed by atoms with Gasteiger partial charge >= 0.3 is 0 Å². The predicted octanol–water partition coefficient (Wildman–Crippen LogP) is -0.242. The Labute approximate surface area is 162 Å². The Kier molecular flexibility index (Phi) is 6.53. The molecule has 1 fully saturated rings. The number of aliphatic hydroxyl groups excluding tert-OH is 1. The number of carbonyl (C=O) groups is 2. The van der Waals surface area contributed by atoms with Gasteiger partial charge in [0.25, 0.3) is 5.91 Å². The Balaban J connectivity index is 1.52. The molecule has 2 aromatic rings. The van der Waals surface area contributed by atoms with Crippen molar-refractivity contribution in [3.63, 3.8) is 0 Å². The van der Waals surface area contributed by atoms with Crippen molar-refractivity contribution >= 4 is 11.8 Å². The lowest BCUT2D eigenvalue weighted by atomic mass is 10.1. The highest BCUT2D eigenvalue weighted by atomic mass is 16.5. The van der Waals surface area contributed by atoms with Crippen LogP contribution in [0.5, 0.6) is 5.88 Å². The topological polar surface area (TPSA) is 131 Å². The van der Waals surface area contributed by atoms with Gasteiger partial charge in [-0.15, -0.1) is 0 Å². The number of aromatic nitrogens is 4. The molecule has 1 aliphatic carbocycles. The minimum absolute atomic E-state index is 0.146. The monoisotopic (exact) mass is 388 g/mol. The van der Waals surface area contributed by atoms with Crippen molar-refractivity contribution in [2.24, 2.45) is 5.92 Å². The fourth-order valence-corrected chi connectivity index (χ4v) is 3.23. The van der Waals surface area contributed by atoms with E-state index in [1.165, 1.54) is 6.33 Å². The zero-order valence-corrected chi connectivity index (χ0v) is 15.6. The van der Waals surface area contributed by atoms with E-state index in [0.717, 1.165) is 0 Å². The second-order valence-electron chi connectivity index (χ2n) is 6.55. The van der Waals surface area contributed by atoms with E-state index in [-0.39, 0.29) is 23.6 Å². The predicted molar refractivity (Wildman–Crippen MR) is 98.4 cm³/mol. The number of rotatable bonds is 8. The van der Waals surface area contributed by atoms with E-state index in [1.807, 2.05) is 6.92 Å². The van der Waals surface area contributed by atoms with E-state index in [9.17, 15) is 14.7 Å². The maximum atomic E-state index is 12.6. The van der Waals surface area contributed by atoms with Crippen LogP contribution in [0.1, 0.15) is 30.1 Å².